The zero-order valence-corrected chi connectivity index (χ0v) is 13.0. The van der Waals surface area contributed by atoms with Gasteiger partial charge in [-0.3, -0.25) is 0 Å². The Balaban J connectivity index is 2.03. The van der Waals surface area contributed by atoms with Gasteiger partial charge in [-0.15, -0.1) is 0 Å². The zero-order chi connectivity index (χ0) is 14.8. The second kappa shape index (κ2) is 4.11. The first-order chi connectivity index (χ1) is 10.0. The molecule has 112 valence electrons. The molecule has 2 aliphatic carbocycles. The van der Waals surface area contributed by atoms with E-state index < -0.39 is 5.60 Å². The van der Waals surface area contributed by atoms with E-state index in [0.717, 1.165) is 31.6 Å². The molecule has 3 heteroatoms. The maximum absolute atomic E-state index is 11.6. The number of hydrogen-bond donors (Lipinski definition) is 2. The van der Waals surface area contributed by atoms with Gasteiger partial charge in [0.05, 0.1) is 7.11 Å². The number of rotatable bonds is 1. The highest BCUT2D eigenvalue weighted by atomic mass is 16.5. The first-order valence-corrected chi connectivity index (χ1v) is 7.84. The summed E-state index contributed by atoms with van der Waals surface area (Å²) < 4.78 is 5.60. The van der Waals surface area contributed by atoms with Crippen LogP contribution in [0.3, 0.4) is 0 Å². The van der Waals surface area contributed by atoms with Crippen LogP contribution in [0.1, 0.15) is 35.1 Å². The van der Waals surface area contributed by atoms with Crippen LogP contribution in [0.25, 0.3) is 0 Å². The standard InChI is InChI=1S/C18H23NO2/c1-11-6-7-13-9-14-18(20)15(21-3)5-4-8-17(18,10-19-14)16(13)12(11)2/h5-7,14,19-20H,4,8-10H2,1-3H3. The Morgan fingerprint density at radius 3 is 2.90 bits per heavy atom. The molecule has 2 bridgehead atoms. The Labute approximate surface area is 126 Å². The minimum Gasteiger partial charge on any atom is -0.498 e. The number of hydrogen-bond acceptors (Lipinski definition) is 3. The predicted molar refractivity (Wildman–Crippen MR) is 82.4 cm³/mol. The van der Waals surface area contributed by atoms with Gasteiger partial charge in [-0.05, 0) is 61.4 Å². The van der Waals surface area contributed by atoms with Crippen LogP contribution in [0.5, 0.6) is 0 Å². The molecule has 2 N–H and O–H groups in total. The van der Waals surface area contributed by atoms with E-state index in [1.54, 1.807) is 7.11 Å². The van der Waals surface area contributed by atoms with Gasteiger partial charge in [-0.1, -0.05) is 12.1 Å². The van der Waals surface area contributed by atoms with Gasteiger partial charge in [0.1, 0.15) is 11.4 Å². The fourth-order valence-corrected chi connectivity index (χ4v) is 5.00. The molecule has 3 aliphatic rings. The SMILES string of the molecule is COC1=CCCC23CNC(Cc4ccc(C)c(C)c42)C13O. The number of allylic oxidation sites excluding steroid dienone is 1. The highest BCUT2D eigenvalue weighted by Crippen LogP contribution is 2.57. The van der Waals surface area contributed by atoms with Crippen LogP contribution >= 0.6 is 0 Å². The summed E-state index contributed by atoms with van der Waals surface area (Å²) in [6, 6.07) is 4.52. The third kappa shape index (κ3) is 1.37. The summed E-state index contributed by atoms with van der Waals surface area (Å²) in [7, 11) is 1.68. The lowest BCUT2D eigenvalue weighted by molar-refractivity contribution is -0.0534. The molecule has 4 rings (SSSR count). The van der Waals surface area contributed by atoms with Crippen molar-refractivity contribution in [2.24, 2.45) is 0 Å². The molecule has 0 spiro atoms. The van der Waals surface area contributed by atoms with E-state index in [2.05, 4.69) is 37.4 Å². The van der Waals surface area contributed by atoms with Crippen LogP contribution < -0.4 is 5.32 Å². The van der Waals surface area contributed by atoms with Crippen LogP contribution in [0.15, 0.2) is 24.0 Å². The zero-order valence-electron chi connectivity index (χ0n) is 13.0. The third-order valence-electron chi connectivity index (χ3n) is 6.11. The first kappa shape index (κ1) is 13.4. The van der Waals surface area contributed by atoms with Crippen molar-refractivity contribution in [3.63, 3.8) is 0 Å². The Kier molecular flexibility index (Phi) is 2.61. The minimum atomic E-state index is -0.897. The number of ether oxygens (including phenoxy) is 1. The van der Waals surface area contributed by atoms with Crippen LogP contribution in [0.4, 0.5) is 0 Å². The van der Waals surface area contributed by atoms with E-state index >= 15 is 0 Å². The first-order valence-electron chi connectivity index (χ1n) is 7.84. The molecule has 0 radical (unpaired) electrons. The second-order valence-electron chi connectivity index (χ2n) is 6.84. The molecule has 3 unspecified atom stereocenters. The van der Waals surface area contributed by atoms with E-state index in [9.17, 15) is 5.11 Å². The largest absolute Gasteiger partial charge is 0.498 e. The van der Waals surface area contributed by atoms with Gasteiger partial charge in [0.25, 0.3) is 0 Å². The summed E-state index contributed by atoms with van der Waals surface area (Å²) in [5.74, 6) is 0.760. The van der Waals surface area contributed by atoms with Gasteiger partial charge in [0, 0.05) is 18.0 Å². The smallest absolute Gasteiger partial charge is 0.147 e. The number of fused-ring (bicyclic) bond motifs is 1. The molecule has 0 aromatic heterocycles. The van der Waals surface area contributed by atoms with Crippen molar-refractivity contribution in [1.82, 2.24) is 5.32 Å². The van der Waals surface area contributed by atoms with Gasteiger partial charge in [-0.2, -0.15) is 0 Å². The topological polar surface area (TPSA) is 41.5 Å². The summed E-state index contributed by atoms with van der Waals surface area (Å²) in [6.07, 6.45) is 4.90. The fraction of sp³-hybridized carbons (Fsp3) is 0.556. The number of aliphatic hydroxyl groups is 1. The molecular weight excluding hydrogens is 262 g/mol. The third-order valence-corrected chi connectivity index (χ3v) is 6.11. The molecule has 0 saturated carbocycles. The lowest BCUT2D eigenvalue weighted by Gasteiger charge is -2.51. The van der Waals surface area contributed by atoms with Gasteiger partial charge in [-0.25, -0.2) is 0 Å². The molecule has 3 atom stereocenters. The van der Waals surface area contributed by atoms with Crippen molar-refractivity contribution in [2.75, 3.05) is 13.7 Å². The number of benzene rings is 1. The molecule has 1 fully saturated rings. The summed E-state index contributed by atoms with van der Waals surface area (Å²) >= 11 is 0. The van der Waals surface area contributed by atoms with Crippen molar-refractivity contribution in [3.05, 3.63) is 46.2 Å². The van der Waals surface area contributed by atoms with Crippen LogP contribution in [-0.4, -0.2) is 30.4 Å². The van der Waals surface area contributed by atoms with Crippen molar-refractivity contribution < 1.29 is 9.84 Å². The maximum Gasteiger partial charge on any atom is 0.147 e. The van der Waals surface area contributed by atoms with Crippen molar-refractivity contribution >= 4 is 0 Å². The highest BCUT2D eigenvalue weighted by molar-refractivity contribution is 5.55. The van der Waals surface area contributed by atoms with Gasteiger partial charge < -0.3 is 15.2 Å². The summed E-state index contributed by atoms with van der Waals surface area (Å²) in [6.45, 7) is 5.20. The molecule has 1 aromatic carbocycles. The molecular formula is C18H23NO2. The fourth-order valence-electron chi connectivity index (χ4n) is 5.00. The Hall–Kier alpha value is -1.32. The quantitative estimate of drug-likeness (QED) is 0.830. The minimum absolute atomic E-state index is 0.0543. The average molecular weight is 285 g/mol. The Morgan fingerprint density at radius 1 is 1.33 bits per heavy atom. The van der Waals surface area contributed by atoms with Crippen LogP contribution in [0, 0.1) is 13.8 Å². The Morgan fingerprint density at radius 2 is 2.14 bits per heavy atom. The molecule has 1 aromatic rings. The molecule has 3 nitrogen and oxygen atoms in total. The molecule has 1 heterocycles. The molecule has 1 saturated heterocycles. The monoisotopic (exact) mass is 285 g/mol. The summed E-state index contributed by atoms with van der Waals surface area (Å²) in [4.78, 5) is 0. The number of nitrogens with one attached hydrogen (secondary N) is 1. The van der Waals surface area contributed by atoms with E-state index in [1.165, 1.54) is 22.3 Å². The number of methoxy groups -OCH3 is 1. The van der Waals surface area contributed by atoms with Crippen molar-refractivity contribution in [3.8, 4) is 0 Å². The predicted octanol–water partition coefficient (Wildman–Crippen LogP) is 2.12. The highest BCUT2D eigenvalue weighted by Gasteiger charge is 2.66. The van der Waals surface area contributed by atoms with E-state index in [-0.39, 0.29) is 11.5 Å². The summed E-state index contributed by atoms with van der Waals surface area (Å²) in [5.41, 5.74) is 4.28. The molecule has 0 amide bonds. The molecule has 21 heavy (non-hydrogen) atoms. The van der Waals surface area contributed by atoms with Crippen molar-refractivity contribution in [1.29, 1.82) is 0 Å². The number of aryl methyl sites for hydroxylation is 1. The van der Waals surface area contributed by atoms with Gasteiger partial charge in [0.2, 0.25) is 0 Å². The van der Waals surface area contributed by atoms with Crippen molar-refractivity contribution in [2.45, 2.75) is 50.2 Å². The van der Waals surface area contributed by atoms with E-state index in [1.807, 2.05) is 0 Å². The molecule has 1 aliphatic heterocycles. The van der Waals surface area contributed by atoms with Gasteiger partial charge >= 0.3 is 0 Å². The normalized spacial score (nSPS) is 36.8. The van der Waals surface area contributed by atoms with E-state index in [0.29, 0.717) is 0 Å². The summed E-state index contributed by atoms with van der Waals surface area (Å²) in [5, 5.41) is 15.2. The Bertz CT molecular complexity index is 651. The second-order valence-corrected chi connectivity index (χ2v) is 6.84. The lowest BCUT2D eigenvalue weighted by atomic mass is 9.55. The average Bonchev–Trinajstić information content (AvgIpc) is 2.66. The van der Waals surface area contributed by atoms with Crippen LogP contribution in [-0.2, 0) is 16.6 Å². The maximum atomic E-state index is 11.6. The van der Waals surface area contributed by atoms with Crippen LogP contribution in [0.2, 0.25) is 0 Å². The lowest BCUT2D eigenvalue weighted by Crippen LogP contribution is -2.61. The van der Waals surface area contributed by atoms with Gasteiger partial charge in [0.15, 0.2) is 0 Å². The van der Waals surface area contributed by atoms with E-state index in [4.69, 9.17) is 4.74 Å².